The summed E-state index contributed by atoms with van der Waals surface area (Å²) in [6.07, 6.45) is 2.71. The SMILES string of the molecule is O=C(Oc1ccccc1)C(CCC(Cc1ccccc1)Cc1ccccc1)C(=O)Oc1ccccc1. The van der Waals surface area contributed by atoms with Crippen LogP contribution in [0.2, 0.25) is 0 Å². The molecule has 0 aliphatic rings. The first-order chi connectivity index (χ1) is 17.7. The van der Waals surface area contributed by atoms with Crippen LogP contribution in [0.3, 0.4) is 0 Å². The number of ether oxygens (including phenoxy) is 2. The Balaban J connectivity index is 1.51. The van der Waals surface area contributed by atoms with Gasteiger partial charge in [-0.1, -0.05) is 97.1 Å². The van der Waals surface area contributed by atoms with Crippen LogP contribution in [0.25, 0.3) is 0 Å². The second-order valence-electron chi connectivity index (χ2n) is 8.84. The van der Waals surface area contributed by atoms with Gasteiger partial charge in [-0.2, -0.15) is 0 Å². The third kappa shape index (κ3) is 7.67. The fourth-order valence-corrected chi connectivity index (χ4v) is 4.26. The summed E-state index contributed by atoms with van der Waals surface area (Å²) in [5.41, 5.74) is 2.46. The van der Waals surface area contributed by atoms with Crippen LogP contribution in [0.1, 0.15) is 24.0 Å². The maximum Gasteiger partial charge on any atom is 0.325 e. The Morgan fingerprint density at radius 1 is 0.500 bits per heavy atom. The van der Waals surface area contributed by atoms with E-state index in [9.17, 15) is 9.59 Å². The van der Waals surface area contributed by atoms with Gasteiger partial charge in [-0.15, -0.1) is 0 Å². The average molecular weight is 479 g/mol. The van der Waals surface area contributed by atoms with Gasteiger partial charge < -0.3 is 9.47 Å². The molecule has 0 N–H and O–H groups in total. The van der Waals surface area contributed by atoms with Gasteiger partial charge in [0.25, 0.3) is 0 Å². The Hall–Kier alpha value is -4.18. The van der Waals surface area contributed by atoms with Gasteiger partial charge in [-0.25, -0.2) is 0 Å². The van der Waals surface area contributed by atoms with Crippen LogP contribution in [0.15, 0.2) is 121 Å². The molecule has 0 aliphatic carbocycles. The van der Waals surface area contributed by atoms with Crippen molar-refractivity contribution in [2.45, 2.75) is 25.7 Å². The Kier molecular flexibility index (Phi) is 9.04. The van der Waals surface area contributed by atoms with Crippen LogP contribution in [-0.2, 0) is 22.4 Å². The van der Waals surface area contributed by atoms with Crippen molar-refractivity contribution in [1.29, 1.82) is 0 Å². The van der Waals surface area contributed by atoms with Crippen molar-refractivity contribution < 1.29 is 19.1 Å². The van der Waals surface area contributed by atoms with Crippen molar-refractivity contribution in [2.24, 2.45) is 11.8 Å². The van der Waals surface area contributed by atoms with Crippen molar-refractivity contribution in [3.63, 3.8) is 0 Å². The van der Waals surface area contributed by atoms with Crippen molar-refractivity contribution in [2.75, 3.05) is 0 Å². The Morgan fingerprint density at radius 2 is 0.861 bits per heavy atom. The third-order valence-corrected chi connectivity index (χ3v) is 6.09. The van der Waals surface area contributed by atoms with E-state index >= 15 is 0 Å². The van der Waals surface area contributed by atoms with E-state index in [1.54, 1.807) is 48.5 Å². The summed E-state index contributed by atoms with van der Waals surface area (Å²) < 4.78 is 11.1. The monoisotopic (exact) mass is 478 g/mol. The van der Waals surface area contributed by atoms with Crippen LogP contribution in [0.5, 0.6) is 11.5 Å². The van der Waals surface area contributed by atoms with Gasteiger partial charge in [0.2, 0.25) is 0 Å². The minimum absolute atomic E-state index is 0.242. The first-order valence-corrected chi connectivity index (χ1v) is 12.3. The predicted octanol–water partition coefficient (Wildman–Crippen LogP) is 6.70. The fraction of sp³-hybridized carbons (Fsp3) is 0.188. The third-order valence-electron chi connectivity index (χ3n) is 6.09. The van der Waals surface area contributed by atoms with E-state index in [2.05, 4.69) is 24.3 Å². The second-order valence-corrected chi connectivity index (χ2v) is 8.84. The minimum atomic E-state index is -1.03. The maximum absolute atomic E-state index is 13.2. The molecule has 36 heavy (non-hydrogen) atoms. The minimum Gasteiger partial charge on any atom is -0.426 e. The predicted molar refractivity (Wildman–Crippen MR) is 141 cm³/mol. The number of benzene rings is 4. The van der Waals surface area contributed by atoms with Gasteiger partial charge in [-0.05, 0) is 67.0 Å². The molecule has 4 nitrogen and oxygen atoms in total. The molecule has 0 spiro atoms. The van der Waals surface area contributed by atoms with Crippen molar-refractivity contribution >= 4 is 11.9 Å². The molecule has 0 fully saturated rings. The van der Waals surface area contributed by atoms with Gasteiger partial charge in [0, 0.05) is 0 Å². The number of carbonyl (C=O) groups excluding carboxylic acids is 2. The van der Waals surface area contributed by atoms with Crippen LogP contribution in [0.4, 0.5) is 0 Å². The van der Waals surface area contributed by atoms with Crippen molar-refractivity contribution in [1.82, 2.24) is 0 Å². The first kappa shape index (κ1) is 24.9. The summed E-state index contributed by atoms with van der Waals surface area (Å²) in [4.78, 5) is 26.3. The molecule has 0 unspecified atom stereocenters. The number of rotatable bonds is 11. The molecule has 0 aromatic heterocycles. The molecular weight excluding hydrogens is 448 g/mol. The topological polar surface area (TPSA) is 52.6 Å². The smallest absolute Gasteiger partial charge is 0.325 e. The Labute approximate surface area is 212 Å². The lowest BCUT2D eigenvalue weighted by molar-refractivity contribution is -0.151. The highest BCUT2D eigenvalue weighted by molar-refractivity contribution is 5.96. The van der Waals surface area contributed by atoms with Gasteiger partial charge >= 0.3 is 11.9 Å². The molecule has 4 aromatic rings. The highest BCUT2D eigenvalue weighted by Gasteiger charge is 2.31. The highest BCUT2D eigenvalue weighted by Crippen LogP contribution is 2.25. The quantitative estimate of drug-likeness (QED) is 0.137. The van der Waals surface area contributed by atoms with Gasteiger partial charge in [-0.3, -0.25) is 9.59 Å². The molecule has 182 valence electrons. The van der Waals surface area contributed by atoms with E-state index in [0.717, 1.165) is 12.8 Å². The Morgan fingerprint density at radius 3 is 1.25 bits per heavy atom. The van der Waals surface area contributed by atoms with Crippen molar-refractivity contribution in [3.05, 3.63) is 132 Å². The van der Waals surface area contributed by atoms with E-state index in [1.165, 1.54) is 11.1 Å². The zero-order valence-electron chi connectivity index (χ0n) is 20.2. The Bertz CT molecular complexity index is 1110. The zero-order valence-corrected chi connectivity index (χ0v) is 20.2. The number of para-hydroxylation sites is 2. The van der Waals surface area contributed by atoms with E-state index in [0.29, 0.717) is 24.3 Å². The second kappa shape index (κ2) is 13.1. The first-order valence-electron chi connectivity index (χ1n) is 12.3. The number of hydrogen-bond donors (Lipinski definition) is 0. The largest absolute Gasteiger partial charge is 0.426 e. The molecule has 0 radical (unpaired) electrons. The summed E-state index contributed by atoms with van der Waals surface area (Å²) in [5, 5.41) is 0. The molecule has 4 heteroatoms. The molecular formula is C32H30O4. The molecule has 0 atom stereocenters. The molecule has 4 rings (SSSR count). The van der Waals surface area contributed by atoms with Gasteiger partial charge in [0.05, 0.1) is 0 Å². The molecule has 0 aliphatic heterocycles. The van der Waals surface area contributed by atoms with Gasteiger partial charge in [0.15, 0.2) is 5.92 Å². The standard InChI is InChI=1S/C32H30O4/c33-31(35-28-17-9-3-10-18-28)30(32(34)36-29-19-11-4-12-20-29)22-21-27(23-25-13-5-1-6-14-25)24-26-15-7-2-8-16-26/h1-20,27,30H,21-24H2. The van der Waals surface area contributed by atoms with Crippen LogP contribution in [-0.4, -0.2) is 11.9 Å². The lowest BCUT2D eigenvalue weighted by atomic mass is 9.86. The normalized spacial score (nSPS) is 10.8. The van der Waals surface area contributed by atoms with Crippen LogP contribution in [0, 0.1) is 11.8 Å². The summed E-state index contributed by atoms with van der Waals surface area (Å²) in [5.74, 6) is -1.17. The van der Waals surface area contributed by atoms with Crippen LogP contribution < -0.4 is 9.47 Å². The van der Waals surface area contributed by atoms with Crippen molar-refractivity contribution in [3.8, 4) is 11.5 Å². The number of carbonyl (C=O) groups is 2. The highest BCUT2D eigenvalue weighted by atomic mass is 16.6. The molecule has 0 heterocycles. The summed E-state index contributed by atoms with van der Waals surface area (Å²) >= 11 is 0. The maximum atomic E-state index is 13.2. The number of hydrogen-bond acceptors (Lipinski definition) is 4. The molecule has 4 aromatic carbocycles. The van der Waals surface area contributed by atoms with E-state index < -0.39 is 17.9 Å². The average Bonchev–Trinajstić information content (AvgIpc) is 2.91. The van der Waals surface area contributed by atoms with E-state index in [-0.39, 0.29) is 5.92 Å². The molecule has 0 saturated heterocycles. The van der Waals surface area contributed by atoms with E-state index in [4.69, 9.17) is 9.47 Å². The molecule has 0 bridgehead atoms. The summed E-state index contributed by atoms with van der Waals surface area (Å²) in [6, 6.07) is 38.2. The summed E-state index contributed by atoms with van der Waals surface area (Å²) in [6.45, 7) is 0. The molecule has 0 amide bonds. The van der Waals surface area contributed by atoms with Gasteiger partial charge in [0.1, 0.15) is 11.5 Å². The van der Waals surface area contributed by atoms with Crippen LogP contribution >= 0.6 is 0 Å². The number of esters is 2. The van der Waals surface area contributed by atoms with E-state index in [1.807, 2.05) is 48.5 Å². The zero-order chi connectivity index (χ0) is 25.0. The summed E-state index contributed by atoms with van der Waals surface area (Å²) in [7, 11) is 0. The fourth-order valence-electron chi connectivity index (χ4n) is 4.26. The lowest BCUT2D eigenvalue weighted by Crippen LogP contribution is -2.32. The lowest BCUT2D eigenvalue weighted by Gasteiger charge is -2.20. The molecule has 0 saturated carbocycles.